The maximum absolute atomic E-state index is 12.4. The van der Waals surface area contributed by atoms with Gasteiger partial charge in [-0.1, -0.05) is 17.7 Å². The van der Waals surface area contributed by atoms with Crippen molar-refractivity contribution in [3.05, 3.63) is 34.9 Å². The summed E-state index contributed by atoms with van der Waals surface area (Å²) in [6.45, 7) is 5.51. The Balaban J connectivity index is 2.21. The highest BCUT2D eigenvalue weighted by Crippen LogP contribution is 2.16. The second-order valence-corrected chi connectivity index (χ2v) is 4.97. The number of carbonyl (C=O) groups excluding carboxylic acids is 1. The van der Waals surface area contributed by atoms with E-state index in [4.69, 9.17) is 5.73 Å². The zero-order chi connectivity index (χ0) is 12.4. The maximum atomic E-state index is 12.4. The summed E-state index contributed by atoms with van der Waals surface area (Å²) >= 11 is 0. The molecule has 1 fully saturated rings. The number of likely N-dealkylation sites (tertiary alicyclic amines) is 1. The molecule has 1 aromatic rings. The molecule has 1 heterocycles. The van der Waals surface area contributed by atoms with Crippen molar-refractivity contribution in [3.8, 4) is 0 Å². The van der Waals surface area contributed by atoms with Gasteiger partial charge in [0.25, 0.3) is 5.91 Å². The van der Waals surface area contributed by atoms with E-state index in [0.717, 1.165) is 36.1 Å². The quantitative estimate of drug-likeness (QED) is 0.803. The van der Waals surface area contributed by atoms with Crippen molar-refractivity contribution in [2.45, 2.75) is 32.7 Å². The smallest absolute Gasteiger partial charge is 0.254 e. The van der Waals surface area contributed by atoms with Gasteiger partial charge < -0.3 is 10.6 Å². The fourth-order valence-electron chi connectivity index (χ4n) is 2.33. The van der Waals surface area contributed by atoms with E-state index in [1.807, 2.05) is 36.9 Å². The highest BCUT2D eigenvalue weighted by atomic mass is 16.2. The van der Waals surface area contributed by atoms with Crippen LogP contribution in [0.2, 0.25) is 0 Å². The largest absolute Gasteiger partial charge is 0.337 e. The van der Waals surface area contributed by atoms with Crippen LogP contribution in [0.5, 0.6) is 0 Å². The van der Waals surface area contributed by atoms with Crippen molar-refractivity contribution in [1.82, 2.24) is 4.90 Å². The van der Waals surface area contributed by atoms with Gasteiger partial charge in [0.1, 0.15) is 0 Å². The van der Waals surface area contributed by atoms with Crippen LogP contribution in [0.1, 0.15) is 34.3 Å². The van der Waals surface area contributed by atoms with Crippen LogP contribution >= 0.6 is 0 Å². The topological polar surface area (TPSA) is 46.3 Å². The fourth-order valence-corrected chi connectivity index (χ4v) is 2.33. The average Bonchev–Trinajstić information content (AvgIpc) is 2.31. The number of carbonyl (C=O) groups is 1. The minimum atomic E-state index is 0.126. The molecule has 1 amide bonds. The van der Waals surface area contributed by atoms with Crippen LogP contribution in [0.3, 0.4) is 0 Å². The molecule has 0 radical (unpaired) electrons. The number of benzene rings is 1. The first kappa shape index (κ1) is 12.1. The summed E-state index contributed by atoms with van der Waals surface area (Å²) in [6, 6.07) is 6.15. The molecule has 3 heteroatoms. The summed E-state index contributed by atoms with van der Waals surface area (Å²) < 4.78 is 0. The summed E-state index contributed by atoms with van der Waals surface area (Å²) in [5, 5.41) is 0. The van der Waals surface area contributed by atoms with Gasteiger partial charge in [0.2, 0.25) is 0 Å². The van der Waals surface area contributed by atoms with E-state index < -0.39 is 0 Å². The van der Waals surface area contributed by atoms with Gasteiger partial charge in [0.05, 0.1) is 0 Å². The summed E-state index contributed by atoms with van der Waals surface area (Å²) in [4.78, 5) is 14.3. The summed E-state index contributed by atoms with van der Waals surface area (Å²) in [5.41, 5.74) is 8.90. The molecule has 2 rings (SSSR count). The van der Waals surface area contributed by atoms with Crippen molar-refractivity contribution >= 4 is 5.91 Å². The SMILES string of the molecule is Cc1ccc(C)c(C(=O)N2CCC[C@H](N)C2)c1. The van der Waals surface area contributed by atoms with E-state index in [0.29, 0.717) is 6.54 Å². The number of nitrogens with two attached hydrogens (primary N) is 1. The minimum Gasteiger partial charge on any atom is -0.337 e. The van der Waals surface area contributed by atoms with Crippen LogP contribution < -0.4 is 5.73 Å². The Hall–Kier alpha value is -1.35. The number of rotatable bonds is 1. The normalized spacial score (nSPS) is 20.4. The van der Waals surface area contributed by atoms with Gasteiger partial charge in [-0.05, 0) is 38.3 Å². The summed E-state index contributed by atoms with van der Waals surface area (Å²) in [6.07, 6.45) is 2.04. The summed E-state index contributed by atoms with van der Waals surface area (Å²) in [7, 11) is 0. The molecule has 2 N–H and O–H groups in total. The van der Waals surface area contributed by atoms with Crippen LogP contribution in [0.4, 0.5) is 0 Å². The third kappa shape index (κ3) is 2.67. The molecule has 0 unspecified atom stereocenters. The van der Waals surface area contributed by atoms with Crippen LogP contribution in [0.15, 0.2) is 18.2 Å². The predicted molar refractivity (Wildman–Crippen MR) is 69.0 cm³/mol. The minimum absolute atomic E-state index is 0.126. The van der Waals surface area contributed by atoms with Crippen LogP contribution in [0.25, 0.3) is 0 Å². The van der Waals surface area contributed by atoms with Crippen LogP contribution in [-0.2, 0) is 0 Å². The van der Waals surface area contributed by atoms with Gasteiger partial charge >= 0.3 is 0 Å². The van der Waals surface area contributed by atoms with E-state index in [9.17, 15) is 4.79 Å². The van der Waals surface area contributed by atoms with Crippen LogP contribution in [-0.4, -0.2) is 29.9 Å². The van der Waals surface area contributed by atoms with E-state index in [2.05, 4.69) is 0 Å². The molecule has 1 aliphatic rings. The lowest BCUT2D eigenvalue weighted by atomic mass is 10.0. The first-order valence-corrected chi connectivity index (χ1v) is 6.20. The highest BCUT2D eigenvalue weighted by molar-refractivity contribution is 5.95. The lowest BCUT2D eigenvalue weighted by Gasteiger charge is -2.31. The third-order valence-corrected chi connectivity index (χ3v) is 3.37. The number of hydrogen-bond donors (Lipinski definition) is 1. The zero-order valence-corrected chi connectivity index (χ0v) is 10.6. The number of amides is 1. The van der Waals surface area contributed by atoms with E-state index in [-0.39, 0.29) is 11.9 Å². The van der Waals surface area contributed by atoms with Crippen molar-refractivity contribution in [3.63, 3.8) is 0 Å². The summed E-state index contributed by atoms with van der Waals surface area (Å²) in [5.74, 6) is 0.126. The van der Waals surface area contributed by atoms with E-state index >= 15 is 0 Å². The first-order chi connectivity index (χ1) is 8.08. The molecule has 17 heavy (non-hydrogen) atoms. The average molecular weight is 232 g/mol. The van der Waals surface area contributed by atoms with Crippen molar-refractivity contribution < 1.29 is 4.79 Å². The van der Waals surface area contributed by atoms with Crippen LogP contribution in [0, 0.1) is 13.8 Å². The molecule has 0 spiro atoms. The maximum Gasteiger partial charge on any atom is 0.254 e. The molecule has 92 valence electrons. The fraction of sp³-hybridized carbons (Fsp3) is 0.500. The lowest BCUT2D eigenvalue weighted by molar-refractivity contribution is 0.0708. The first-order valence-electron chi connectivity index (χ1n) is 6.20. The molecule has 3 nitrogen and oxygen atoms in total. The Morgan fingerprint density at radius 3 is 2.88 bits per heavy atom. The number of piperidine rings is 1. The Kier molecular flexibility index (Phi) is 3.48. The van der Waals surface area contributed by atoms with Gasteiger partial charge in [0.15, 0.2) is 0 Å². The molecule has 1 aromatic carbocycles. The number of nitrogens with zero attached hydrogens (tertiary/aromatic N) is 1. The van der Waals surface area contributed by atoms with E-state index in [1.165, 1.54) is 0 Å². The zero-order valence-electron chi connectivity index (χ0n) is 10.6. The van der Waals surface area contributed by atoms with E-state index in [1.54, 1.807) is 0 Å². The predicted octanol–water partition coefficient (Wildman–Crippen LogP) is 1.87. The highest BCUT2D eigenvalue weighted by Gasteiger charge is 2.23. The Labute approximate surface area is 103 Å². The second kappa shape index (κ2) is 4.88. The molecular weight excluding hydrogens is 212 g/mol. The molecular formula is C14H20N2O. The van der Waals surface area contributed by atoms with Gasteiger partial charge in [-0.25, -0.2) is 0 Å². The molecule has 1 aliphatic heterocycles. The Morgan fingerprint density at radius 2 is 2.18 bits per heavy atom. The second-order valence-electron chi connectivity index (χ2n) is 4.97. The third-order valence-electron chi connectivity index (χ3n) is 3.37. The molecule has 0 aliphatic carbocycles. The van der Waals surface area contributed by atoms with Crippen molar-refractivity contribution in [1.29, 1.82) is 0 Å². The Bertz CT molecular complexity index is 428. The monoisotopic (exact) mass is 232 g/mol. The Morgan fingerprint density at radius 1 is 1.41 bits per heavy atom. The van der Waals surface area contributed by atoms with Gasteiger partial charge in [-0.15, -0.1) is 0 Å². The van der Waals surface area contributed by atoms with Gasteiger partial charge in [0, 0.05) is 24.7 Å². The lowest BCUT2D eigenvalue weighted by Crippen LogP contribution is -2.45. The molecule has 1 saturated heterocycles. The standard InChI is InChI=1S/C14H20N2O/c1-10-5-6-11(2)13(8-10)14(17)16-7-3-4-12(15)9-16/h5-6,8,12H,3-4,7,9,15H2,1-2H3/t12-/m0/s1. The number of aryl methyl sites for hydroxylation is 2. The molecule has 0 saturated carbocycles. The van der Waals surface area contributed by atoms with Gasteiger partial charge in [-0.3, -0.25) is 4.79 Å². The molecule has 1 atom stereocenters. The molecule has 0 aromatic heterocycles. The van der Waals surface area contributed by atoms with Crippen molar-refractivity contribution in [2.75, 3.05) is 13.1 Å². The van der Waals surface area contributed by atoms with Gasteiger partial charge in [-0.2, -0.15) is 0 Å². The van der Waals surface area contributed by atoms with Crippen molar-refractivity contribution in [2.24, 2.45) is 5.73 Å². The number of hydrogen-bond acceptors (Lipinski definition) is 2. The molecule has 0 bridgehead atoms.